The van der Waals surface area contributed by atoms with Gasteiger partial charge in [-0.15, -0.1) is 0 Å². The molecular formula is C15H17N3O2. The summed E-state index contributed by atoms with van der Waals surface area (Å²) in [4.78, 5) is 4.47. The maximum atomic E-state index is 5.45. The fourth-order valence-corrected chi connectivity index (χ4v) is 2.83. The predicted octanol–water partition coefficient (Wildman–Crippen LogP) is 1.98. The molecule has 5 heteroatoms. The van der Waals surface area contributed by atoms with E-state index in [0.29, 0.717) is 12.7 Å². The summed E-state index contributed by atoms with van der Waals surface area (Å²) in [6.07, 6.45) is 3.06. The highest BCUT2D eigenvalue weighted by Gasteiger charge is 2.17. The van der Waals surface area contributed by atoms with E-state index >= 15 is 0 Å². The van der Waals surface area contributed by atoms with Crippen LogP contribution in [0.4, 0.5) is 5.82 Å². The number of rotatable bonds is 3. The SMILES string of the molecule is c1cc2cc3c(cc2c(NCC2CCNC2)n1)OCO3. The lowest BCUT2D eigenvalue weighted by molar-refractivity contribution is 0.174. The number of ether oxygens (including phenoxy) is 2. The second-order valence-corrected chi connectivity index (χ2v) is 5.33. The summed E-state index contributed by atoms with van der Waals surface area (Å²) in [6, 6.07) is 6.03. The van der Waals surface area contributed by atoms with Crippen LogP contribution in [0.2, 0.25) is 0 Å². The topological polar surface area (TPSA) is 55.4 Å². The van der Waals surface area contributed by atoms with Gasteiger partial charge in [-0.2, -0.15) is 0 Å². The van der Waals surface area contributed by atoms with Crippen LogP contribution in [0.25, 0.3) is 10.8 Å². The Labute approximate surface area is 117 Å². The Balaban J connectivity index is 1.64. The van der Waals surface area contributed by atoms with Crippen molar-refractivity contribution in [1.82, 2.24) is 10.3 Å². The molecule has 5 nitrogen and oxygen atoms in total. The zero-order valence-electron chi connectivity index (χ0n) is 11.2. The highest BCUT2D eigenvalue weighted by Crippen LogP contribution is 2.37. The van der Waals surface area contributed by atoms with Gasteiger partial charge >= 0.3 is 0 Å². The number of aromatic nitrogens is 1. The highest BCUT2D eigenvalue weighted by atomic mass is 16.7. The molecule has 1 atom stereocenters. The van der Waals surface area contributed by atoms with E-state index in [1.165, 1.54) is 6.42 Å². The first-order valence-electron chi connectivity index (χ1n) is 7.03. The smallest absolute Gasteiger partial charge is 0.231 e. The van der Waals surface area contributed by atoms with Crippen LogP contribution in [0, 0.1) is 5.92 Å². The lowest BCUT2D eigenvalue weighted by atomic mass is 10.1. The minimum atomic E-state index is 0.301. The van der Waals surface area contributed by atoms with Gasteiger partial charge in [-0.25, -0.2) is 4.98 Å². The molecule has 2 aromatic rings. The van der Waals surface area contributed by atoms with E-state index < -0.39 is 0 Å². The van der Waals surface area contributed by atoms with Gasteiger partial charge in [0.2, 0.25) is 6.79 Å². The lowest BCUT2D eigenvalue weighted by Crippen LogP contribution is -2.17. The summed E-state index contributed by atoms with van der Waals surface area (Å²) in [7, 11) is 0. The molecule has 20 heavy (non-hydrogen) atoms. The van der Waals surface area contributed by atoms with Crippen molar-refractivity contribution in [2.75, 3.05) is 31.7 Å². The zero-order chi connectivity index (χ0) is 13.4. The second-order valence-electron chi connectivity index (χ2n) is 5.33. The molecule has 1 unspecified atom stereocenters. The van der Waals surface area contributed by atoms with E-state index in [4.69, 9.17) is 9.47 Å². The third kappa shape index (κ3) is 2.04. The minimum Gasteiger partial charge on any atom is -0.454 e. The van der Waals surface area contributed by atoms with Crippen molar-refractivity contribution in [3.63, 3.8) is 0 Å². The molecule has 1 aromatic carbocycles. The van der Waals surface area contributed by atoms with Gasteiger partial charge in [0.1, 0.15) is 5.82 Å². The van der Waals surface area contributed by atoms with Crippen molar-refractivity contribution in [3.8, 4) is 11.5 Å². The molecular weight excluding hydrogens is 254 g/mol. The largest absolute Gasteiger partial charge is 0.454 e. The van der Waals surface area contributed by atoms with E-state index in [9.17, 15) is 0 Å². The van der Waals surface area contributed by atoms with E-state index in [1.54, 1.807) is 0 Å². The Morgan fingerprint density at radius 1 is 1.30 bits per heavy atom. The van der Waals surface area contributed by atoms with E-state index in [-0.39, 0.29) is 0 Å². The van der Waals surface area contributed by atoms with Crippen LogP contribution in [0.1, 0.15) is 6.42 Å². The number of nitrogens with zero attached hydrogens (tertiary/aromatic N) is 1. The molecule has 0 aliphatic carbocycles. The molecule has 0 amide bonds. The van der Waals surface area contributed by atoms with Crippen molar-refractivity contribution >= 4 is 16.6 Å². The quantitative estimate of drug-likeness (QED) is 0.894. The van der Waals surface area contributed by atoms with Gasteiger partial charge in [0.25, 0.3) is 0 Å². The third-order valence-electron chi connectivity index (χ3n) is 3.98. The van der Waals surface area contributed by atoms with Crippen LogP contribution in [0.15, 0.2) is 24.4 Å². The Hall–Kier alpha value is -2.01. The number of hydrogen-bond donors (Lipinski definition) is 2. The molecule has 2 N–H and O–H groups in total. The Bertz CT molecular complexity index is 638. The Kier molecular flexibility index (Phi) is 2.85. The molecule has 104 valence electrons. The Morgan fingerprint density at radius 3 is 3.05 bits per heavy atom. The van der Waals surface area contributed by atoms with Crippen molar-refractivity contribution in [2.24, 2.45) is 5.92 Å². The molecule has 0 radical (unpaired) electrons. The van der Waals surface area contributed by atoms with Crippen LogP contribution in [-0.4, -0.2) is 31.4 Å². The van der Waals surface area contributed by atoms with Crippen molar-refractivity contribution in [1.29, 1.82) is 0 Å². The van der Waals surface area contributed by atoms with E-state index in [2.05, 4.69) is 15.6 Å². The van der Waals surface area contributed by atoms with Gasteiger partial charge in [0.05, 0.1) is 0 Å². The van der Waals surface area contributed by atoms with E-state index in [0.717, 1.165) is 47.7 Å². The average molecular weight is 271 g/mol. The molecule has 0 saturated carbocycles. The molecule has 1 saturated heterocycles. The standard InChI is InChI=1S/C15H17N3O2/c1-3-16-7-10(1)8-18-15-12-6-14-13(19-9-20-14)5-11(12)2-4-17-15/h2,4-6,10,16H,1,3,7-9H2,(H,17,18). The predicted molar refractivity (Wildman–Crippen MR) is 77.3 cm³/mol. The molecule has 4 rings (SSSR count). The van der Waals surface area contributed by atoms with Gasteiger partial charge in [-0.1, -0.05) is 0 Å². The second kappa shape index (κ2) is 4.83. The number of benzene rings is 1. The summed E-state index contributed by atoms with van der Waals surface area (Å²) >= 11 is 0. The van der Waals surface area contributed by atoms with Gasteiger partial charge in [-0.3, -0.25) is 0 Å². The fraction of sp³-hybridized carbons (Fsp3) is 0.400. The summed E-state index contributed by atoms with van der Waals surface area (Å²) in [6.45, 7) is 3.46. The average Bonchev–Trinajstić information content (AvgIpc) is 3.13. The van der Waals surface area contributed by atoms with Gasteiger partial charge < -0.3 is 20.1 Å². The van der Waals surface area contributed by atoms with Crippen LogP contribution < -0.4 is 20.1 Å². The number of nitrogens with one attached hydrogen (secondary N) is 2. The zero-order valence-corrected chi connectivity index (χ0v) is 11.2. The van der Waals surface area contributed by atoms with Crippen molar-refractivity contribution < 1.29 is 9.47 Å². The first kappa shape index (κ1) is 11.8. The van der Waals surface area contributed by atoms with Crippen LogP contribution in [-0.2, 0) is 0 Å². The Morgan fingerprint density at radius 2 is 2.20 bits per heavy atom. The lowest BCUT2D eigenvalue weighted by Gasteiger charge is -2.12. The van der Waals surface area contributed by atoms with Crippen LogP contribution >= 0.6 is 0 Å². The third-order valence-corrected chi connectivity index (χ3v) is 3.98. The molecule has 3 heterocycles. The summed E-state index contributed by atoms with van der Waals surface area (Å²) in [5.41, 5.74) is 0. The minimum absolute atomic E-state index is 0.301. The summed E-state index contributed by atoms with van der Waals surface area (Å²) in [5.74, 6) is 3.22. The number of pyridine rings is 1. The van der Waals surface area contributed by atoms with Crippen molar-refractivity contribution in [3.05, 3.63) is 24.4 Å². The number of fused-ring (bicyclic) bond motifs is 2. The first-order chi connectivity index (χ1) is 9.90. The van der Waals surface area contributed by atoms with E-state index in [1.807, 2.05) is 24.4 Å². The highest BCUT2D eigenvalue weighted by molar-refractivity contribution is 5.94. The molecule has 0 spiro atoms. The summed E-state index contributed by atoms with van der Waals surface area (Å²) in [5, 5.41) is 9.06. The van der Waals surface area contributed by atoms with Crippen LogP contribution in [0.5, 0.6) is 11.5 Å². The van der Waals surface area contributed by atoms with Gasteiger partial charge in [-0.05, 0) is 49.0 Å². The van der Waals surface area contributed by atoms with Gasteiger partial charge in [0, 0.05) is 18.1 Å². The van der Waals surface area contributed by atoms with Crippen molar-refractivity contribution in [2.45, 2.75) is 6.42 Å². The molecule has 0 bridgehead atoms. The maximum absolute atomic E-state index is 5.45. The van der Waals surface area contributed by atoms with Crippen LogP contribution in [0.3, 0.4) is 0 Å². The number of hydrogen-bond acceptors (Lipinski definition) is 5. The summed E-state index contributed by atoms with van der Waals surface area (Å²) < 4.78 is 10.9. The molecule has 2 aliphatic heterocycles. The fourth-order valence-electron chi connectivity index (χ4n) is 2.83. The van der Waals surface area contributed by atoms with Gasteiger partial charge in [0.15, 0.2) is 11.5 Å². The molecule has 1 fully saturated rings. The normalized spacial score (nSPS) is 20.5. The monoisotopic (exact) mass is 271 g/mol. The number of anilines is 1. The molecule has 2 aliphatic rings. The first-order valence-corrected chi connectivity index (χ1v) is 7.03. The maximum Gasteiger partial charge on any atom is 0.231 e. The molecule has 1 aromatic heterocycles.